The molecule has 0 aromatic heterocycles. The van der Waals surface area contributed by atoms with Gasteiger partial charge in [-0.3, -0.25) is 4.79 Å². The molecule has 1 amide bonds. The first-order valence-corrected chi connectivity index (χ1v) is 10.1. The van der Waals surface area contributed by atoms with Crippen molar-refractivity contribution in [1.82, 2.24) is 0 Å². The minimum atomic E-state index is -0.223. The maximum absolute atomic E-state index is 12.7. The van der Waals surface area contributed by atoms with Gasteiger partial charge in [0.05, 0.1) is 0 Å². The molecule has 1 N–H and O–H groups in total. The first kappa shape index (κ1) is 20.4. The van der Waals surface area contributed by atoms with Gasteiger partial charge in [0.2, 0.25) is 5.91 Å². The summed E-state index contributed by atoms with van der Waals surface area (Å²) in [5, 5.41) is 3.22. The van der Waals surface area contributed by atoms with Crippen LogP contribution in [0.15, 0.2) is 30.3 Å². The number of carbonyl (C=O) groups excluding carboxylic acids is 1. The number of fused-ring (bicyclic) bond motifs is 1. The molecule has 0 aliphatic carbocycles. The van der Waals surface area contributed by atoms with Crippen molar-refractivity contribution in [3.8, 4) is 5.75 Å². The quantitative estimate of drug-likeness (QED) is 0.709. The summed E-state index contributed by atoms with van der Waals surface area (Å²) in [5.74, 6) is 1.08. The van der Waals surface area contributed by atoms with Crippen LogP contribution in [0.1, 0.15) is 68.9 Å². The third-order valence-corrected chi connectivity index (χ3v) is 5.36. The van der Waals surface area contributed by atoms with Gasteiger partial charge in [0.25, 0.3) is 0 Å². The number of hydrogen-bond donors (Lipinski definition) is 1. The molecule has 0 atom stereocenters. The normalized spacial score (nSPS) is 15.1. The Morgan fingerprint density at radius 1 is 1.11 bits per heavy atom. The summed E-state index contributed by atoms with van der Waals surface area (Å²) in [7, 11) is 0. The Labute approximate surface area is 169 Å². The molecule has 3 rings (SSSR count). The van der Waals surface area contributed by atoms with Gasteiger partial charge in [-0.05, 0) is 49.8 Å². The second kappa shape index (κ2) is 7.27. The highest BCUT2D eigenvalue weighted by Gasteiger charge is 2.35. The Morgan fingerprint density at radius 2 is 1.75 bits per heavy atom. The average molecular weight is 380 g/mol. The lowest BCUT2D eigenvalue weighted by atomic mass is 9.89. The zero-order valence-corrected chi connectivity index (χ0v) is 18.3. The maximum atomic E-state index is 12.7. The van der Waals surface area contributed by atoms with Crippen molar-refractivity contribution in [3.05, 3.63) is 58.1 Å². The molecule has 2 aromatic rings. The number of hydrogen-bond acceptors (Lipinski definition) is 2. The summed E-state index contributed by atoms with van der Waals surface area (Å²) in [6, 6.07) is 10.5. The summed E-state index contributed by atoms with van der Waals surface area (Å²) >= 11 is 0. The molecule has 150 valence electrons. The average Bonchev–Trinajstić information content (AvgIpc) is 2.90. The monoisotopic (exact) mass is 379 g/mol. The first-order valence-electron chi connectivity index (χ1n) is 10.1. The number of ether oxygens (including phenoxy) is 1. The van der Waals surface area contributed by atoms with Gasteiger partial charge in [-0.1, -0.05) is 51.1 Å². The lowest BCUT2D eigenvalue weighted by Crippen LogP contribution is -2.25. The van der Waals surface area contributed by atoms with E-state index in [1.54, 1.807) is 0 Å². The Hall–Kier alpha value is -2.29. The third kappa shape index (κ3) is 4.40. The fourth-order valence-corrected chi connectivity index (χ4v) is 4.05. The fourth-order valence-electron chi connectivity index (χ4n) is 4.05. The molecule has 2 aromatic carbocycles. The summed E-state index contributed by atoms with van der Waals surface area (Å²) < 4.78 is 6.39. The van der Waals surface area contributed by atoms with Crippen molar-refractivity contribution in [1.29, 1.82) is 0 Å². The van der Waals surface area contributed by atoms with E-state index in [4.69, 9.17) is 4.74 Å². The molecule has 0 spiro atoms. The maximum Gasteiger partial charge on any atom is 0.224 e. The molecule has 1 aliphatic rings. The number of carbonyl (C=O) groups is 1. The Bertz CT molecular complexity index is 889. The van der Waals surface area contributed by atoms with E-state index in [0.717, 1.165) is 35.4 Å². The predicted octanol–water partition coefficient (Wildman–Crippen LogP) is 5.98. The summed E-state index contributed by atoms with van der Waals surface area (Å²) in [4.78, 5) is 12.7. The number of benzene rings is 2. The largest absolute Gasteiger partial charge is 0.487 e. The number of rotatable bonds is 4. The van der Waals surface area contributed by atoms with Crippen LogP contribution in [0, 0.1) is 19.3 Å². The van der Waals surface area contributed by atoms with Gasteiger partial charge in [0.1, 0.15) is 11.4 Å². The summed E-state index contributed by atoms with van der Waals surface area (Å²) in [6.07, 6.45) is 2.16. The molecular weight excluding hydrogens is 346 g/mol. The number of amides is 1. The number of nitrogens with one attached hydrogen (secondary N) is 1. The fraction of sp³-hybridized carbons (Fsp3) is 0.480. The molecule has 28 heavy (non-hydrogen) atoms. The highest BCUT2D eigenvalue weighted by Crippen LogP contribution is 2.45. The van der Waals surface area contributed by atoms with Crippen molar-refractivity contribution in [2.24, 2.45) is 5.41 Å². The summed E-state index contributed by atoms with van der Waals surface area (Å²) in [6.45, 7) is 14.7. The topological polar surface area (TPSA) is 38.3 Å². The predicted molar refractivity (Wildman–Crippen MR) is 116 cm³/mol. The van der Waals surface area contributed by atoms with Crippen molar-refractivity contribution in [2.45, 2.75) is 73.3 Å². The van der Waals surface area contributed by atoms with Crippen LogP contribution in [0.25, 0.3) is 0 Å². The van der Waals surface area contributed by atoms with E-state index in [1.807, 2.05) is 6.07 Å². The van der Waals surface area contributed by atoms with E-state index in [9.17, 15) is 4.79 Å². The zero-order chi connectivity index (χ0) is 20.7. The minimum absolute atomic E-state index is 0.0411. The van der Waals surface area contributed by atoms with Crippen LogP contribution in [-0.2, 0) is 17.6 Å². The van der Waals surface area contributed by atoms with Gasteiger partial charge in [-0.25, -0.2) is 0 Å². The van der Waals surface area contributed by atoms with Crippen molar-refractivity contribution < 1.29 is 9.53 Å². The molecule has 0 saturated heterocycles. The van der Waals surface area contributed by atoms with Crippen LogP contribution >= 0.6 is 0 Å². The van der Waals surface area contributed by atoms with E-state index >= 15 is 0 Å². The van der Waals surface area contributed by atoms with Crippen molar-refractivity contribution >= 4 is 11.6 Å². The Kier molecular flexibility index (Phi) is 5.31. The van der Waals surface area contributed by atoms with Crippen LogP contribution in [0.2, 0.25) is 0 Å². The molecule has 1 heterocycles. The van der Waals surface area contributed by atoms with Gasteiger partial charge in [-0.2, -0.15) is 0 Å². The zero-order valence-electron chi connectivity index (χ0n) is 18.3. The Morgan fingerprint density at radius 3 is 2.36 bits per heavy atom. The van der Waals surface area contributed by atoms with Gasteiger partial charge < -0.3 is 10.1 Å². The molecule has 0 bridgehead atoms. The molecular formula is C25H33NO2. The lowest BCUT2D eigenvalue weighted by molar-refractivity contribution is -0.117. The third-order valence-electron chi connectivity index (χ3n) is 5.36. The van der Waals surface area contributed by atoms with Crippen LogP contribution < -0.4 is 10.1 Å². The van der Waals surface area contributed by atoms with Gasteiger partial charge in [0, 0.05) is 36.1 Å². The van der Waals surface area contributed by atoms with E-state index in [-0.39, 0.29) is 16.9 Å². The highest BCUT2D eigenvalue weighted by molar-refractivity contribution is 5.93. The molecule has 0 fully saturated rings. The SMILES string of the molecule is Cc1c(Cc2ccccc2)c2c(c(C)c1NC(=O)CC(C)(C)C)CC(C)(C)O2. The summed E-state index contributed by atoms with van der Waals surface area (Å²) in [5.41, 5.74) is 6.60. The van der Waals surface area contributed by atoms with Gasteiger partial charge in [-0.15, -0.1) is 0 Å². The van der Waals surface area contributed by atoms with Crippen molar-refractivity contribution in [2.75, 3.05) is 5.32 Å². The molecule has 0 unspecified atom stereocenters. The van der Waals surface area contributed by atoms with E-state index < -0.39 is 0 Å². The second-order valence-corrected chi connectivity index (χ2v) is 9.90. The second-order valence-electron chi connectivity index (χ2n) is 9.90. The standard InChI is InChI=1S/C25H33NO2/c1-16-19(13-18-11-9-8-10-12-18)23-20(14-25(6,7)28-23)17(2)22(16)26-21(27)15-24(3,4)5/h8-12H,13-15H2,1-7H3,(H,26,27). The number of anilines is 1. The van der Waals surface area contributed by atoms with Crippen LogP contribution in [0.3, 0.4) is 0 Å². The molecule has 0 saturated carbocycles. The lowest BCUT2D eigenvalue weighted by Gasteiger charge is -2.23. The highest BCUT2D eigenvalue weighted by atomic mass is 16.5. The molecule has 0 radical (unpaired) electrons. The minimum Gasteiger partial charge on any atom is -0.487 e. The first-order chi connectivity index (χ1) is 13.0. The smallest absolute Gasteiger partial charge is 0.224 e. The molecule has 3 nitrogen and oxygen atoms in total. The molecule has 3 heteroatoms. The van der Waals surface area contributed by atoms with E-state index in [2.05, 4.69) is 78.0 Å². The van der Waals surface area contributed by atoms with Crippen LogP contribution in [0.5, 0.6) is 5.75 Å². The van der Waals surface area contributed by atoms with Crippen LogP contribution in [0.4, 0.5) is 5.69 Å². The molecule has 1 aliphatic heterocycles. The Balaban J connectivity index is 2.06. The van der Waals surface area contributed by atoms with Crippen molar-refractivity contribution in [3.63, 3.8) is 0 Å². The van der Waals surface area contributed by atoms with E-state index in [1.165, 1.54) is 16.7 Å². The van der Waals surface area contributed by atoms with E-state index in [0.29, 0.717) is 6.42 Å². The van der Waals surface area contributed by atoms with Crippen LogP contribution in [-0.4, -0.2) is 11.5 Å². The van der Waals surface area contributed by atoms with Gasteiger partial charge in [0.15, 0.2) is 0 Å². The van der Waals surface area contributed by atoms with Gasteiger partial charge >= 0.3 is 0 Å².